The van der Waals surface area contributed by atoms with Crippen LogP contribution in [0.15, 0.2) is 24.3 Å². The average Bonchev–Trinajstić information content (AvgIpc) is 3.11. The lowest BCUT2D eigenvalue weighted by Gasteiger charge is -2.37. The van der Waals surface area contributed by atoms with Crippen molar-refractivity contribution >= 4 is 5.91 Å². The van der Waals surface area contributed by atoms with Gasteiger partial charge in [0, 0.05) is 45.3 Å². The quantitative estimate of drug-likeness (QED) is 0.818. The number of benzene rings is 1. The SMILES string of the molecule is CCN1CCN([C@@H]2CCN(C(=O)[C@H](C)Oc3cccc(C)c3)C2)CC1. The Kier molecular flexibility index (Phi) is 5.97. The molecule has 2 heterocycles. The van der Waals surface area contributed by atoms with Crippen molar-refractivity contribution in [3.05, 3.63) is 29.8 Å². The predicted octanol–water partition coefficient (Wildman–Crippen LogP) is 2.00. The highest BCUT2D eigenvalue weighted by Gasteiger charge is 2.33. The highest BCUT2D eigenvalue weighted by Crippen LogP contribution is 2.20. The van der Waals surface area contributed by atoms with E-state index in [1.165, 1.54) is 0 Å². The molecule has 0 saturated carbocycles. The fraction of sp³-hybridized carbons (Fsp3) is 0.650. The molecule has 0 aromatic heterocycles. The predicted molar refractivity (Wildman–Crippen MR) is 99.9 cm³/mol. The lowest BCUT2D eigenvalue weighted by Crippen LogP contribution is -2.51. The van der Waals surface area contributed by atoms with Crippen LogP contribution in [-0.2, 0) is 4.79 Å². The van der Waals surface area contributed by atoms with Crippen LogP contribution in [0.5, 0.6) is 5.75 Å². The molecule has 5 heteroatoms. The minimum Gasteiger partial charge on any atom is -0.481 e. The van der Waals surface area contributed by atoms with Crippen LogP contribution in [0.1, 0.15) is 25.8 Å². The molecular formula is C20H31N3O2. The van der Waals surface area contributed by atoms with Crippen LogP contribution in [-0.4, -0.2) is 78.6 Å². The summed E-state index contributed by atoms with van der Waals surface area (Å²) < 4.78 is 5.87. The van der Waals surface area contributed by atoms with E-state index in [1.807, 2.05) is 43.0 Å². The van der Waals surface area contributed by atoms with Crippen LogP contribution in [0.4, 0.5) is 0 Å². The Morgan fingerprint density at radius 1 is 1.24 bits per heavy atom. The molecule has 0 unspecified atom stereocenters. The summed E-state index contributed by atoms with van der Waals surface area (Å²) in [5, 5.41) is 0. The maximum Gasteiger partial charge on any atom is 0.263 e. The molecule has 2 aliphatic heterocycles. The normalized spacial score (nSPS) is 23.6. The first-order chi connectivity index (χ1) is 12.1. The highest BCUT2D eigenvalue weighted by atomic mass is 16.5. The number of hydrogen-bond acceptors (Lipinski definition) is 4. The smallest absolute Gasteiger partial charge is 0.263 e. The molecule has 0 radical (unpaired) electrons. The summed E-state index contributed by atoms with van der Waals surface area (Å²) in [6, 6.07) is 8.39. The lowest BCUT2D eigenvalue weighted by molar-refractivity contribution is -0.137. The molecule has 1 aromatic carbocycles. The summed E-state index contributed by atoms with van der Waals surface area (Å²) in [4.78, 5) is 19.8. The van der Waals surface area contributed by atoms with E-state index < -0.39 is 6.10 Å². The zero-order valence-electron chi connectivity index (χ0n) is 15.8. The van der Waals surface area contributed by atoms with Gasteiger partial charge in [0.2, 0.25) is 0 Å². The molecule has 0 spiro atoms. The number of aryl methyl sites for hydroxylation is 1. The van der Waals surface area contributed by atoms with Crippen molar-refractivity contribution in [2.75, 3.05) is 45.8 Å². The summed E-state index contributed by atoms with van der Waals surface area (Å²) >= 11 is 0. The fourth-order valence-corrected chi connectivity index (χ4v) is 3.89. The van der Waals surface area contributed by atoms with Crippen LogP contribution in [0, 0.1) is 6.92 Å². The summed E-state index contributed by atoms with van der Waals surface area (Å²) in [6.45, 7) is 13.5. The van der Waals surface area contributed by atoms with Crippen LogP contribution in [0.25, 0.3) is 0 Å². The second-order valence-corrected chi connectivity index (χ2v) is 7.27. The van der Waals surface area contributed by atoms with Gasteiger partial charge in [0.05, 0.1) is 0 Å². The number of likely N-dealkylation sites (N-methyl/N-ethyl adjacent to an activating group) is 1. The highest BCUT2D eigenvalue weighted by molar-refractivity contribution is 5.81. The molecule has 0 aliphatic carbocycles. The monoisotopic (exact) mass is 345 g/mol. The maximum absolute atomic E-state index is 12.7. The van der Waals surface area contributed by atoms with Crippen LogP contribution < -0.4 is 4.74 Å². The molecule has 2 fully saturated rings. The van der Waals surface area contributed by atoms with Gasteiger partial charge in [-0.25, -0.2) is 0 Å². The number of carbonyl (C=O) groups is 1. The van der Waals surface area contributed by atoms with Gasteiger partial charge in [0.25, 0.3) is 5.91 Å². The van der Waals surface area contributed by atoms with Crippen LogP contribution >= 0.6 is 0 Å². The standard InChI is InChI=1S/C20H31N3O2/c1-4-21-10-12-22(13-11-21)18-8-9-23(15-18)20(24)17(3)25-19-7-5-6-16(2)14-19/h5-7,14,17-18H,4,8-13,15H2,1-3H3/t17-,18+/m0/s1. The van der Waals surface area contributed by atoms with Crippen molar-refractivity contribution in [2.24, 2.45) is 0 Å². The molecular weight excluding hydrogens is 314 g/mol. The number of likely N-dealkylation sites (tertiary alicyclic amines) is 1. The van der Waals surface area contributed by atoms with Gasteiger partial charge < -0.3 is 14.5 Å². The molecule has 1 amide bonds. The van der Waals surface area contributed by atoms with Gasteiger partial charge in [-0.05, 0) is 44.5 Å². The van der Waals surface area contributed by atoms with Gasteiger partial charge in [-0.15, -0.1) is 0 Å². The van der Waals surface area contributed by atoms with Gasteiger partial charge in [0.15, 0.2) is 6.10 Å². The fourth-order valence-electron chi connectivity index (χ4n) is 3.89. The second kappa shape index (κ2) is 8.19. The zero-order valence-corrected chi connectivity index (χ0v) is 15.8. The summed E-state index contributed by atoms with van der Waals surface area (Å²) in [5.41, 5.74) is 1.14. The van der Waals surface area contributed by atoms with E-state index in [0.717, 1.165) is 63.5 Å². The first kappa shape index (κ1) is 18.2. The van der Waals surface area contributed by atoms with Crippen LogP contribution in [0.2, 0.25) is 0 Å². The van der Waals surface area contributed by atoms with Crippen molar-refractivity contribution in [3.63, 3.8) is 0 Å². The van der Waals surface area contributed by atoms with E-state index in [0.29, 0.717) is 6.04 Å². The molecule has 2 atom stereocenters. The minimum atomic E-state index is -0.433. The van der Waals surface area contributed by atoms with Crippen molar-refractivity contribution in [2.45, 2.75) is 39.3 Å². The van der Waals surface area contributed by atoms with Gasteiger partial charge in [0.1, 0.15) is 5.75 Å². The van der Waals surface area contributed by atoms with Crippen molar-refractivity contribution in [3.8, 4) is 5.75 Å². The number of piperazine rings is 1. The third-order valence-corrected chi connectivity index (χ3v) is 5.50. The maximum atomic E-state index is 12.7. The Hall–Kier alpha value is -1.59. The number of hydrogen-bond donors (Lipinski definition) is 0. The number of nitrogens with zero attached hydrogens (tertiary/aromatic N) is 3. The van der Waals surface area contributed by atoms with E-state index in [2.05, 4.69) is 16.7 Å². The Morgan fingerprint density at radius 2 is 2.00 bits per heavy atom. The molecule has 5 nitrogen and oxygen atoms in total. The van der Waals surface area contributed by atoms with Gasteiger partial charge in [-0.3, -0.25) is 9.69 Å². The number of ether oxygens (including phenoxy) is 1. The van der Waals surface area contributed by atoms with E-state index in [9.17, 15) is 4.79 Å². The topological polar surface area (TPSA) is 36.0 Å². The van der Waals surface area contributed by atoms with Crippen molar-refractivity contribution in [1.82, 2.24) is 14.7 Å². The minimum absolute atomic E-state index is 0.108. The van der Waals surface area contributed by atoms with E-state index >= 15 is 0 Å². The molecule has 25 heavy (non-hydrogen) atoms. The first-order valence-corrected chi connectivity index (χ1v) is 9.55. The number of amides is 1. The van der Waals surface area contributed by atoms with E-state index in [4.69, 9.17) is 4.74 Å². The summed E-state index contributed by atoms with van der Waals surface area (Å²) in [6.07, 6.45) is 0.646. The molecule has 0 bridgehead atoms. The van der Waals surface area contributed by atoms with Gasteiger partial charge in [-0.2, -0.15) is 0 Å². The molecule has 2 saturated heterocycles. The van der Waals surface area contributed by atoms with Crippen LogP contribution in [0.3, 0.4) is 0 Å². The summed E-state index contributed by atoms with van der Waals surface area (Å²) in [5.74, 6) is 0.878. The average molecular weight is 345 g/mol. The van der Waals surface area contributed by atoms with Gasteiger partial charge >= 0.3 is 0 Å². The molecule has 3 rings (SSSR count). The third kappa shape index (κ3) is 4.53. The molecule has 2 aliphatic rings. The zero-order chi connectivity index (χ0) is 17.8. The Morgan fingerprint density at radius 3 is 2.68 bits per heavy atom. The first-order valence-electron chi connectivity index (χ1n) is 9.55. The van der Waals surface area contributed by atoms with Gasteiger partial charge in [-0.1, -0.05) is 19.1 Å². The number of rotatable bonds is 5. The molecule has 0 N–H and O–H groups in total. The summed E-state index contributed by atoms with van der Waals surface area (Å²) in [7, 11) is 0. The number of carbonyl (C=O) groups excluding carboxylic acids is 1. The lowest BCUT2D eigenvalue weighted by atomic mass is 10.2. The second-order valence-electron chi connectivity index (χ2n) is 7.27. The third-order valence-electron chi connectivity index (χ3n) is 5.50. The largest absolute Gasteiger partial charge is 0.481 e. The molecule has 138 valence electrons. The van der Waals surface area contributed by atoms with Crippen molar-refractivity contribution < 1.29 is 9.53 Å². The van der Waals surface area contributed by atoms with E-state index in [1.54, 1.807) is 0 Å². The Labute approximate surface area is 151 Å². The Balaban J connectivity index is 1.50. The molecule has 1 aromatic rings. The Bertz CT molecular complexity index is 584. The van der Waals surface area contributed by atoms with Crippen molar-refractivity contribution in [1.29, 1.82) is 0 Å². The van der Waals surface area contributed by atoms with E-state index in [-0.39, 0.29) is 5.91 Å².